The molecule has 10 nitrogen and oxygen atoms in total. The van der Waals surface area contributed by atoms with Crippen LogP contribution in [-0.2, 0) is 31.1 Å². The number of hydrogen-bond acceptors (Lipinski definition) is 10. The molecule has 0 heterocycles. The lowest BCUT2D eigenvalue weighted by Crippen LogP contribution is -2.11. The Morgan fingerprint density at radius 1 is 0.419 bits per heavy atom. The maximum absolute atomic E-state index is 11.6. The van der Waals surface area contributed by atoms with Gasteiger partial charge in [0, 0.05) is 20.1 Å². The zero-order valence-electron chi connectivity index (χ0n) is 21.2. The van der Waals surface area contributed by atoms with E-state index in [0.717, 1.165) is 0 Å². The molecular formula is C28H16Cl4O10S. The number of halogens is 4. The molecule has 0 aliphatic heterocycles. The summed E-state index contributed by atoms with van der Waals surface area (Å²) in [5.74, 6) is -3.27. The fourth-order valence-electron chi connectivity index (χ4n) is 2.81. The Balaban J connectivity index is 0.000000275. The summed E-state index contributed by atoms with van der Waals surface area (Å²) in [6, 6.07) is 24.3. The molecule has 0 saturated carbocycles. The third-order valence-corrected chi connectivity index (χ3v) is 5.57. The highest BCUT2D eigenvalue weighted by Crippen LogP contribution is 2.15. The van der Waals surface area contributed by atoms with Gasteiger partial charge in [-0.25, -0.2) is 38.7 Å². The third kappa shape index (κ3) is 12.6. The van der Waals surface area contributed by atoms with E-state index in [0.29, 0.717) is 20.1 Å². The highest BCUT2D eigenvalue weighted by molar-refractivity contribution is 7.51. The fraction of sp³-hybridized carbons (Fsp3) is 0. The van der Waals surface area contributed by atoms with Gasteiger partial charge in [0.05, 0.1) is 22.3 Å². The van der Waals surface area contributed by atoms with Gasteiger partial charge in [0.1, 0.15) is 0 Å². The lowest BCUT2D eigenvalue weighted by molar-refractivity contribution is -0.187. The summed E-state index contributed by atoms with van der Waals surface area (Å²) in [6.07, 6.45) is 0. The number of benzene rings is 4. The Kier molecular flexibility index (Phi) is 14.9. The van der Waals surface area contributed by atoms with Gasteiger partial charge in [-0.3, -0.25) is 0 Å². The summed E-state index contributed by atoms with van der Waals surface area (Å²) in [7, 11) is 0. The second-order valence-electron chi connectivity index (χ2n) is 7.59. The predicted molar refractivity (Wildman–Crippen MR) is 156 cm³/mol. The quantitative estimate of drug-likeness (QED) is 0.160. The Morgan fingerprint density at radius 3 is 0.767 bits per heavy atom. The Labute approximate surface area is 267 Å². The molecule has 43 heavy (non-hydrogen) atoms. The molecule has 4 rings (SSSR count). The van der Waals surface area contributed by atoms with Gasteiger partial charge in [-0.1, -0.05) is 70.7 Å². The number of carbonyl (C=O) groups is 4. The van der Waals surface area contributed by atoms with Gasteiger partial charge in [-0.15, -0.1) is 0 Å². The smallest absolute Gasteiger partial charge is 0.242 e. The summed E-state index contributed by atoms with van der Waals surface area (Å²) in [5, 5.41) is 1.50. The van der Waals surface area contributed by atoms with Gasteiger partial charge >= 0.3 is 35.4 Å². The van der Waals surface area contributed by atoms with E-state index < -0.39 is 35.4 Å². The highest BCUT2D eigenvalue weighted by atomic mass is 35.5. The van der Waals surface area contributed by atoms with E-state index in [1.165, 1.54) is 48.5 Å². The first-order valence-electron chi connectivity index (χ1n) is 11.3. The van der Waals surface area contributed by atoms with E-state index in [9.17, 15) is 19.2 Å². The van der Waals surface area contributed by atoms with Crippen molar-refractivity contribution in [2.45, 2.75) is 0 Å². The zero-order chi connectivity index (χ0) is 31.8. The summed E-state index contributed by atoms with van der Waals surface area (Å²) in [6.45, 7) is 0. The molecule has 0 spiro atoms. The number of carbonyl (C=O) groups excluding carboxylic acids is 4. The molecular weight excluding hydrogens is 670 g/mol. The van der Waals surface area contributed by atoms with Crippen LogP contribution >= 0.6 is 46.4 Å². The molecule has 0 fully saturated rings. The largest absolute Gasteiger partial charge is 0.386 e. The van der Waals surface area contributed by atoms with Crippen molar-refractivity contribution in [1.29, 1.82) is 0 Å². The maximum Gasteiger partial charge on any atom is 0.386 e. The van der Waals surface area contributed by atoms with Gasteiger partial charge in [-0.2, -0.15) is 8.42 Å². The zero-order valence-corrected chi connectivity index (χ0v) is 25.1. The molecule has 0 bridgehead atoms. The standard InChI is InChI=1S/2C14H8Cl2O4.O2S/c2*15-11-5-1-3-9(7-11)13(17)19-20-14(18)10-4-2-6-12(16)8-10;1-3-2/h2*1-8H;. The van der Waals surface area contributed by atoms with Crippen molar-refractivity contribution in [3.05, 3.63) is 139 Å². The molecule has 0 N–H and O–H groups in total. The van der Waals surface area contributed by atoms with Crippen LogP contribution in [0.25, 0.3) is 0 Å². The van der Waals surface area contributed by atoms with E-state index in [2.05, 4.69) is 19.6 Å². The molecule has 0 saturated heterocycles. The highest BCUT2D eigenvalue weighted by Gasteiger charge is 2.16. The Bertz CT molecular complexity index is 1410. The van der Waals surface area contributed by atoms with Crippen LogP contribution in [0.4, 0.5) is 0 Å². The summed E-state index contributed by atoms with van der Waals surface area (Å²) < 4.78 is 16.6. The van der Waals surface area contributed by atoms with Crippen molar-refractivity contribution < 1.29 is 47.1 Å². The average molecular weight is 686 g/mol. The summed E-state index contributed by atoms with van der Waals surface area (Å²) >= 11 is 22.2. The summed E-state index contributed by atoms with van der Waals surface area (Å²) in [5.41, 5.74) is 0.709. The van der Waals surface area contributed by atoms with Gasteiger partial charge < -0.3 is 0 Å². The van der Waals surface area contributed by atoms with E-state index in [1.54, 1.807) is 48.5 Å². The fourth-order valence-corrected chi connectivity index (χ4v) is 3.57. The van der Waals surface area contributed by atoms with Crippen molar-refractivity contribution in [3.8, 4) is 0 Å². The normalized spacial score (nSPS) is 9.49. The molecule has 0 aliphatic carbocycles. The third-order valence-electron chi connectivity index (χ3n) is 4.63. The van der Waals surface area contributed by atoms with Gasteiger partial charge in [0.25, 0.3) is 0 Å². The topological polar surface area (TPSA) is 139 Å². The van der Waals surface area contributed by atoms with Crippen LogP contribution in [0.3, 0.4) is 0 Å². The minimum atomic E-state index is -0.817. The molecule has 222 valence electrons. The van der Waals surface area contributed by atoms with Crippen molar-refractivity contribution in [2.24, 2.45) is 0 Å². The molecule has 0 amide bonds. The van der Waals surface area contributed by atoms with Crippen LogP contribution in [0.5, 0.6) is 0 Å². The van der Waals surface area contributed by atoms with Crippen LogP contribution in [0.1, 0.15) is 41.4 Å². The first-order chi connectivity index (χ1) is 20.5. The predicted octanol–water partition coefficient (Wildman–Crippen LogP) is 7.17. The van der Waals surface area contributed by atoms with E-state index in [1.807, 2.05) is 0 Å². The number of rotatable bonds is 4. The number of hydrogen-bond donors (Lipinski definition) is 0. The lowest BCUT2D eigenvalue weighted by atomic mass is 10.2. The monoisotopic (exact) mass is 684 g/mol. The first-order valence-corrected chi connectivity index (χ1v) is 13.5. The molecule has 4 aromatic rings. The molecule has 0 aromatic heterocycles. The van der Waals surface area contributed by atoms with E-state index >= 15 is 0 Å². The minimum absolute atomic E-state index is 0.177. The lowest BCUT2D eigenvalue weighted by Gasteiger charge is -2.03. The molecule has 4 aromatic carbocycles. The molecule has 15 heteroatoms. The van der Waals surface area contributed by atoms with Gasteiger partial charge in [0.15, 0.2) is 0 Å². The van der Waals surface area contributed by atoms with Crippen LogP contribution in [0.2, 0.25) is 20.1 Å². The van der Waals surface area contributed by atoms with Crippen molar-refractivity contribution in [1.82, 2.24) is 0 Å². The minimum Gasteiger partial charge on any atom is -0.242 e. The van der Waals surface area contributed by atoms with Crippen molar-refractivity contribution in [2.75, 3.05) is 0 Å². The van der Waals surface area contributed by atoms with Gasteiger partial charge in [0.2, 0.25) is 0 Å². The van der Waals surface area contributed by atoms with Crippen LogP contribution in [-0.4, -0.2) is 32.3 Å². The maximum atomic E-state index is 11.6. The van der Waals surface area contributed by atoms with Gasteiger partial charge in [-0.05, 0) is 72.8 Å². The van der Waals surface area contributed by atoms with Crippen molar-refractivity contribution in [3.63, 3.8) is 0 Å². The van der Waals surface area contributed by atoms with Crippen LogP contribution in [0, 0.1) is 0 Å². The van der Waals surface area contributed by atoms with Crippen LogP contribution < -0.4 is 0 Å². The second kappa shape index (κ2) is 18.3. The van der Waals surface area contributed by atoms with Crippen molar-refractivity contribution >= 4 is 81.9 Å². The first kappa shape index (κ1) is 34.9. The Hall–Kier alpha value is -4.26. The van der Waals surface area contributed by atoms with E-state index in [-0.39, 0.29) is 22.3 Å². The van der Waals surface area contributed by atoms with Crippen LogP contribution in [0.15, 0.2) is 97.1 Å². The molecule has 0 atom stereocenters. The van der Waals surface area contributed by atoms with E-state index in [4.69, 9.17) is 54.8 Å². The molecule has 0 radical (unpaired) electrons. The summed E-state index contributed by atoms with van der Waals surface area (Å²) in [4.78, 5) is 64.3. The second-order valence-corrected chi connectivity index (χ2v) is 9.47. The molecule has 0 aliphatic rings. The average Bonchev–Trinajstić information content (AvgIpc) is 2.99. The SMILES string of the molecule is O=C(OOC(=O)c1cccc(Cl)c1)c1cccc(Cl)c1.O=C(OOC(=O)c1cccc(Cl)c1)c1cccc(Cl)c1.O=S=O. The Morgan fingerprint density at radius 2 is 0.605 bits per heavy atom. The molecule has 0 unspecified atom stereocenters.